The average molecular weight is 763 g/mol. The molecule has 0 bridgehead atoms. The average Bonchev–Trinajstić information content (AvgIpc) is 3.48. The Kier molecular flexibility index (Phi) is 7.91. The normalized spacial score (nSPS) is 12.3. The molecule has 3 nitrogen and oxygen atoms in total. The summed E-state index contributed by atoms with van der Waals surface area (Å²) in [6.45, 7) is 5.74. The molecule has 45 heavy (non-hydrogen) atoms. The molecule has 0 aliphatic carbocycles. The number of aromatic nitrogens is 2. The van der Waals surface area contributed by atoms with Crippen LogP contribution in [0.5, 0.6) is 0 Å². The molecule has 0 saturated carbocycles. The van der Waals surface area contributed by atoms with Crippen LogP contribution in [0.15, 0.2) is 132 Å². The number of hydrogen-bond acceptors (Lipinski definition) is 3. The van der Waals surface area contributed by atoms with Gasteiger partial charge in [-0.1, -0.05) is 98.5 Å². The van der Waals surface area contributed by atoms with E-state index in [1.54, 1.807) is 12.3 Å². The van der Waals surface area contributed by atoms with E-state index in [0.29, 0.717) is 5.56 Å². The van der Waals surface area contributed by atoms with E-state index >= 15 is 0 Å². The predicted octanol–water partition coefficient (Wildman–Crippen LogP) is 10.8. The first kappa shape index (κ1) is 27.9. The molecule has 8 aromatic rings. The molecular weight excluding hydrogens is 729 g/mol. The van der Waals surface area contributed by atoms with Gasteiger partial charge in [-0.25, -0.2) is 0 Å². The van der Waals surface area contributed by atoms with Crippen LogP contribution in [-0.4, -0.2) is 9.97 Å². The van der Waals surface area contributed by atoms with Crippen LogP contribution in [0.3, 0.4) is 0 Å². The summed E-state index contributed by atoms with van der Waals surface area (Å²) in [6, 6.07) is 44.6. The molecule has 1 radical (unpaired) electrons. The van der Waals surface area contributed by atoms with Crippen molar-refractivity contribution in [2.45, 2.75) is 27.1 Å². The second-order valence-corrected chi connectivity index (χ2v) is 11.8. The van der Waals surface area contributed by atoms with Gasteiger partial charge < -0.3 is 14.4 Å². The zero-order chi connectivity index (χ0) is 31.9. The molecule has 0 saturated heterocycles. The van der Waals surface area contributed by atoms with Crippen LogP contribution in [0.1, 0.15) is 29.1 Å². The minimum Gasteiger partial charge on any atom is -0.500 e. The van der Waals surface area contributed by atoms with Crippen LogP contribution in [-0.2, 0) is 26.5 Å². The number of rotatable bonds is 4. The number of furan rings is 1. The Balaban J connectivity index is 0.000000176. The van der Waals surface area contributed by atoms with Crippen LogP contribution in [0, 0.1) is 17.5 Å². The molecule has 0 unspecified atom stereocenters. The van der Waals surface area contributed by atoms with Crippen molar-refractivity contribution in [2.75, 3.05) is 0 Å². The smallest absolute Gasteiger partial charge is 0.121 e. The van der Waals surface area contributed by atoms with Gasteiger partial charge in [-0.05, 0) is 63.3 Å². The van der Waals surface area contributed by atoms with E-state index in [-0.39, 0.29) is 20.1 Å². The summed E-state index contributed by atoms with van der Waals surface area (Å²) in [5.41, 5.74) is 7.74. The van der Waals surface area contributed by atoms with E-state index in [4.69, 9.17) is 7.16 Å². The first-order valence-electron chi connectivity index (χ1n) is 15.7. The van der Waals surface area contributed by atoms with Gasteiger partial charge in [0.25, 0.3) is 0 Å². The molecule has 0 atom stereocenters. The van der Waals surface area contributed by atoms with Gasteiger partial charge in [0.15, 0.2) is 0 Å². The van der Waals surface area contributed by atoms with Gasteiger partial charge in [-0.15, -0.1) is 53.6 Å². The second kappa shape index (κ2) is 12.8. The van der Waals surface area contributed by atoms with Gasteiger partial charge in [0.1, 0.15) is 5.58 Å². The van der Waals surface area contributed by atoms with E-state index in [1.807, 2.05) is 99.8 Å². The zero-order valence-electron chi connectivity index (χ0n) is 27.3. The van der Waals surface area contributed by atoms with Crippen molar-refractivity contribution in [3.05, 3.63) is 145 Å². The van der Waals surface area contributed by atoms with Crippen molar-refractivity contribution in [3.63, 3.8) is 0 Å². The third-order valence-electron chi connectivity index (χ3n) is 7.48. The molecule has 0 aliphatic heterocycles. The van der Waals surface area contributed by atoms with Crippen molar-refractivity contribution in [1.82, 2.24) is 9.97 Å². The molecule has 3 heterocycles. The van der Waals surface area contributed by atoms with Gasteiger partial charge >= 0.3 is 0 Å². The predicted molar refractivity (Wildman–Crippen MR) is 182 cm³/mol. The van der Waals surface area contributed by atoms with Crippen molar-refractivity contribution < 1.29 is 27.3 Å². The van der Waals surface area contributed by atoms with Gasteiger partial charge in [0, 0.05) is 40.6 Å². The van der Waals surface area contributed by atoms with E-state index in [9.17, 15) is 0 Å². The van der Waals surface area contributed by atoms with Crippen LogP contribution in [0.2, 0.25) is 0 Å². The van der Waals surface area contributed by atoms with E-state index < -0.39 is 11.8 Å². The minimum atomic E-state index is -1.47. The maximum atomic E-state index is 8.60. The Morgan fingerprint density at radius 3 is 2.31 bits per heavy atom. The first-order chi connectivity index (χ1) is 22.2. The van der Waals surface area contributed by atoms with Gasteiger partial charge in [-0.3, -0.25) is 0 Å². The van der Waals surface area contributed by atoms with Crippen molar-refractivity contribution in [2.24, 2.45) is 5.41 Å². The fourth-order valence-corrected chi connectivity index (χ4v) is 5.61. The Bertz CT molecular complexity index is 2220. The van der Waals surface area contributed by atoms with Gasteiger partial charge in [-0.2, -0.15) is 0 Å². The Labute approximate surface area is 280 Å². The van der Waals surface area contributed by atoms with Gasteiger partial charge in [0.05, 0.1) is 5.58 Å². The molecule has 0 fully saturated rings. The largest absolute Gasteiger partial charge is 0.500 e. The van der Waals surface area contributed by atoms with Crippen LogP contribution in [0.4, 0.5) is 0 Å². The standard InChI is InChI=1S/C24H20NO.C17H12N.Ir/c1-24(2,3)14-15-11-12-25-19(13-15)17-9-10-21-23-18(17)8-7-16-5-4-6-20(26-21)22(16)23;1-3-7-14(8-4-1)16-11-12-18-17(13-16)15-9-5-2-6-10-15;/h4-8,10-13H,14H2,1-3H3;1-9,11-13H;/q2*-1;/i14D2;;. The van der Waals surface area contributed by atoms with Crippen molar-refractivity contribution >= 4 is 32.7 Å². The molecule has 223 valence electrons. The summed E-state index contributed by atoms with van der Waals surface area (Å²) in [6.07, 6.45) is 2.06. The summed E-state index contributed by atoms with van der Waals surface area (Å²) in [7, 11) is 0. The number of pyridine rings is 2. The molecule has 8 rings (SSSR count). The monoisotopic (exact) mass is 763 g/mol. The summed E-state index contributed by atoms with van der Waals surface area (Å²) in [5.74, 6) is 0. The van der Waals surface area contributed by atoms with Gasteiger partial charge in [0.2, 0.25) is 0 Å². The number of hydrogen-bond donors (Lipinski definition) is 0. The summed E-state index contributed by atoms with van der Waals surface area (Å²) < 4.78 is 23.2. The summed E-state index contributed by atoms with van der Waals surface area (Å²) in [5, 5.41) is 4.36. The fourth-order valence-electron chi connectivity index (χ4n) is 5.61. The number of nitrogens with zero attached hydrogens (tertiary/aromatic N) is 2. The molecule has 0 spiro atoms. The maximum absolute atomic E-state index is 8.60. The minimum absolute atomic E-state index is 0. The Morgan fingerprint density at radius 1 is 0.711 bits per heavy atom. The fraction of sp³-hybridized carbons (Fsp3) is 0.122. The zero-order valence-corrected chi connectivity index (χ0v) is 27.7. The third kappa shape index (κ3) is 6.44. The molecular formula is C41H32IrN2O-2. The third-order valence-corrected chi connectivity index (χ3v) is 7.48. The van der Waals surface area contributed by atoms with Crippen molar-refractivity contribution in [3.8, 4) is 33.6 Å². The quantitative estimate of drug-likeness (QED) is 0.132. The number of benzene rings is 5. The van der Waals surface area contributed by atoms with Crippen molar-refractivity contribution in [1.29, 1.82) is 0 Å². The van der Waals surface area contributed by atoms with Crippen LogP contribution < -0.4 is 0 Å². The maximum Gasteiger partial charge on any atom is 0.121 e. The second-order valence-electron chi connectivity index (χ2n) is 11.8. The SMILES string of the molecule is [2H]C([2H])(c1ccnc(-c2[c-]cc3oc4cccc5ccc2c3c54)c1)C(C)(C)C.[Ir].[c-]1ccccc1-c1cc(-c2ccccc2)ccn1. The molecule has 0 N–H and O–H groups in total. The van der Waals surface area contributed by atoms with E-state index in [0.717, 1.165) is 55.2 Å². The summed E-state index contributed by atoms with van der Waals surface area (Å²) >= 11 is 0. The Hall–Kier alpha value is -4.63. The van der Waals surface area contributed by atoms with E-state index in [2.05, 4.69) is 58.5 Å². The molecule has 3 aromatic heterocycles. The molecule has 5 aromatic carbocycles. The van der Waals surface area contributed by atoms with Crippen LogP contribution in [0.25, 0.3) is 66.4 Å². The first-order valence-corrected chi connectivity index (χ1v) is 14.7. The topological polar surface area (TPSA) is 38.9 Å². The van der Waals surface area contributed by atoms with Crippen LogP contribution >= 0.6 is 0 Å². The Morgan fingerprint density at radius 2 is 1.51 bits per heavy atom. The molecule has 4 heteroatoms. The molecule has 0 aliphatic rings. The van der Waals surface area contributed by atoms with E-state index in [1.165, 1.54) is 11.1 Å². The molecule has 0 amide bonds. The summed E-state index contributed by atoms with van der Waals surface area (Å²) in [4.78, 5) is 8.95.